The van der Waals surface area contributed by atoms with Crippen molar-refractivity contribution in [2.24, 2.45) is 0 Å². The van der Waals surface area contributed by atoms with Gasteiger partial charge in [-0.25, -0.2) is 4.98 Å². The van der Waals surface area contributed by atoms with Gasteiger partial charge in [0.15, 0.2) is 0 Å². The number of hydrogen-bond donors (Lipinski definition) is 1. The molecule has 0 aliphatic carbocycles. The molecule has 0 fully saturated rings. The second-order valence-electron chi connectivity index (χ2n) is 4.38. The van der Waals surface area contributed by atoms with Crippen LogP contribution in [0.25, 0.3) is 0 Å². The quantitative estimate of drug-likeness (QED) is 0.367. The number of aromatic nitrogens is 2. The number of nitro groups is 2. The molecule has 0 aliphatic heterocycles. The van der Waals surface area contributed by atoms with Crippen molar-refractivity contribution in [1.29, 1.82) is 0 Å². The summed E-state index contributed by atoms with van der Waals surface area (Å²) in [5, 5.41) is 29.3. The van der Waals surface area contributed by atoms with E-state index in [0.29, 0.717) is 5.69 Å². The van der Waals surface area contributed by atoms with E-state index in [0.717, 1.165) is 6.07 Å². The van der Waals surface area contributed by atoms with E-state index in [1.54, 1.807) is 6.92 Å². The SMILES string of the molecule is Cc1cc(Cl)c([N+](=O)[O-])c(Cl)n1.Cc1ccc([N+](=O)[O-])c(=O)n1O. The molecule has 0 saturated heterocycles. The highest BCUT2D eigenvalue weighted by Crippen LogP contribution is 2.30. The van der Waals surface area contributed by atoms with Gasteiger partial charge in [-0.2, -0.15) is 0 Å². The number of nitrogens with zero attached hydrogens (tertiary/aromatic N) is 4. The van der Waals surface area contributed by atoms with E-state index in [1.807, 2.05) is 0 Å². The predicted octanol–water partition coefficient (Wildman–Crippen LogP) is 2.91. The molecule has 2 rings (SSSR count). The van der Waals surface area contributed by atoms with E-state index in [-0.39, 0.29) is 26.3 Å². The minimum atomic E-state index is -1.01. The third kappa shape index (κ3) is 4.40. The van der Waals surface area contributed by atoms with Crippen molar-refractivity contribution in [2.45, 2.75) is 13.8 Å². The molecule has 0 unspecified atom stereocenters. The van der Waals surface area contributed by atoms with Gasteiger partial charge in [0, 0.05) is 11.8 Å². The van der Waals surface area contributed by atoms with Crippen molar-refractivity contribution in [3.63, 3.8) is 0 Å². The molecular weight excluding hydrogens is 367 g/mol. The number of rotatable bonds is 2. The second kappa shape index (κ2) is 7.70. The Morgan fingerprint density at radius 1 is 1.17 bits per heavy atom. The van der Waals surface area contributed by atoms with Gasteiger partial charge in [0.05, 0.1) is 15.5 Å². The van der Waals surface area contributed by atoms with Gasteiger partial charge < -0.3 is 5.21 Å². The first-order valence-electron chi connectivity index (χ1n) is 6.09. The highest BCUT2D eigenvalue weighted by atomic mass is 35.5. The first kappa shape index (κ1) is 19.3. The van der Waals surface area contributed by atoms with Gasteiger partial charge in [-0.05, 0) is 26.0 Å². The van der Waals surface area contributed by atoms with Crippen LogP contribution in [-0.4, -0.2) is 24.8 Å². The van der Waals surface area contributed by atoms with Crippen LogP contribution in [0.3, 0.4) is 0 Å². The standard InChI is InChI=1S/C6H4Cl2N2O2.C6H6N2O4/c1-3-2-4(7)5(10(11)12)6(8)9-3;1-4-2-3-5(8(11)12)6(9)7(4)10/h2H,1H3;2-3,10H,1H3. The van der Waals surface area contributed by atoms with Crippen molar-refractivity contribution < 1.29 is 15.1 Å². The molecule has 0 aliphatic rings. The first-order valence-corrected chi connectivity index (χ1v) is 6.85. The van der Waals surface area contributed by atoms with Crippen LogP contribution in [0.5, 0.6) is 0 Å². The largest absolute Gasteiger partial charge is 0.425 e. The van der Waals surface area contributed by atoms with Gasteiger partial charge in [-0.15, -0.1) is 4.73 Å². The first-order chi connectivity index (χ1) is 11.1. The van der Waals surface area contributed by atoms with E-state index in [1.165, 1.54) is 19.1 Å². The molecule has 0 atom stereocenters. The fraction of sp³-hybridized carbons (Fsp3) is 0.167. The maximum Gasteiger partial charge on any atom is 0.361 e. The van der Waals surface area contributed by atoms with Crippen LogP contribution < -0.4 is 5.56 Å². The Morgan fingerprint density at radius 2 is 1.75 bits per heavy atom. The van der Waals surface area contributed by atoms with Gasteiger partial charge >= 0.3 is 16.9 Å². The zero-order valence-electron chi connectivity index (χ0n) is 12.3. The summed E-state index contributed by atoms with van der Waals surface area (Å²) in [4.78, 5) is 33.6. The molecule has 0 radical (unpaired) electrons. The summed E-state index contributed by atoms with van der Waals surface area (Å²) in [6, 6.07) is 3.75. The minimum Gasteiger partial charge on any atom is -0.425 e. The number of halogens is 2. The molecule has 2 heterocycles. The van der Waals surface area contributed by atoms with Crippen LogP contribution in [0.2, 0.25) is 10.2 Å². The van der Waals surface area contributed by atoms with Crippen molar-refractivity contribution in [1.82, 2.24) is 9.71 Å². The summed E-state index contributed by atoms with van der Waals surface area (Å²) in [5.41, 5.74) is -1.19. The van der Waals surface area contributed by atoms with Crippen LogP contribution in [0.15, 0.2) is 23.0 Å². The van der Waals surface area contributed by atoms with Crippen LogP contribution in [-0.2, 0) is 0 Å². The summed E-state index contributed by atoms with van der Waals surface area (Å²) in [7, 11) is 0. The molecule has 128 valence electrons. The average molecular weight is 377 g/mol. The van der Waals surface area contributed by atoms with Crippen molar-refractivity contribution >= 4 is 34.6 Å². The summed E-state index contributed by atoms with van der Waals surface area (Å²) in [6.07, 6.45) is 0. The Morgan fingerprint density at radius 3 is 2.21 bits per heavy atom. The van der Waals surface area contributed by atoms with Crippen molar-refractivity contribution in [3.8, 4) is 0 Å². The van der Waals surface area contributed by atoms with E-state index in [9.17, 15) is 25.0 Å². The molecule has 0 spiro atoms. The molecule has 0 amide bonds. The molecule has 2 aromatic heterocycles. The van der Waals surface area contributed by atoms with Crippen molar-refractivity contribution in [2.75, 3.05) is 0 Å². The van der Waals surface area contributed by atoms with Crippen LogP contribution in [0.1, 0.15) is 11.4 Å². The summed E-state index contributed by atoms with van der Waals surface area (Å²) in [6.45, 7) is 3.12. The summed E-state index contributed by atoms with van der Waals surface area (Å²) in [5.74, 6) is 0. The lowest BCUT2D eigenvalue weighted by Gasteiger charge is -1.98. The normalized spacial score (nSPS) is 9.83. The van der Waals surface area contributed by atoms with E-state index >= 15 is 0 Å². The van der Waals surface area contributed by atoms with Gasteiger partial charge in [-0.1, -0.05) is 23.2 Å². The molecule has 0 bridgehead atoms. The monoisotopic (exact) mass is 376 g/mol. The summed E-state index contributed by atoms with van der Waals surface area (Å²) >= 11 is 11.1. The maximum atomic E-state index is 10.9. The third-order valence-corrected chi connectivity index (χ3v) is 3.19. The fourth-order valence-corrected chi connectivity index (χ4v) is 2.17. The Bertz CT molecular complexity index is 844. The third-order valence-electron chi connectivity index (χ3n) is 2.64. The highest BCUT2D eigenvalue weighted by Gasteiger charge is 2.19. The Kier molecular flexibility index (Phi) is 6.20. The lowest BCUT2D eigenvalue weighted by atomic mass is 10.3. The molecule has 2 aromatic rings. The van der Waals surface area contributed by atoms with E-state index in [2.05, 4.69) is 4.98 Å². The number of aryl methyl sites for hydroxylation is 2. The predicted molar refractivity (Wildman–Crippen MR) is 84.9 cm³/mol. The molecule has 24 heavy (non-hydrogen) atoms. The zero-order valence-corrected chi connectivity index (χ0v) is 13.8. The molecule has 12 heteroatoms. The minimum absolute atomic E-state index is 0.0116. The Hall–Kier alpha value is -2.72. The van der Waals surface area contributed by atoms with Crippen LogP contribution in [0.4, 0.5) is 11.4 Å². The Labute approximate surface area is 144 Å². The van der Waals surface area contributed by atoms with Crippen molar-refractivity contribution in [3.05, 3.63) is 70.3 Å². The topological polar surface area (TPSA) is 141 Å². The molecule has 10 nitrogen and oxygen atoms in total. The van der Waals surface area contributed by atoms with Gasteiger partial charge in [-0.3, -0.25) is 25.0 Å². The number of hydrogen-bond acceptors (Lipinski definition) is 7. The molecule has 0 aromatic carbocycles. The highest BCUT2D eigenvalue weighted by molar-refractivity contribution is 6.37. The number of pyridine rings is 2. The molecular formula is C12H10Cl2N4O6. The van der Waals surface area contributed by atoms with Crippen LogP contribution >= 0.6 is 23.2 Å². The van der Waals surface area contributed by atoms with Crippen LogP contribution in [0, 0.1) is 34.1 Å². The molecule has 0 saturated carbocycles. The fourth-order valence-electron chi connectivity index (χ4n) is 1.50. The van der Waals surface area contributed by atoms with Gasteiger partial charge in [0.25, 0.3) is 0 Å². The van der Waals surface area contributed by atoms with E-state index < -0.39 is 21.1 Å². The Balaban J connectivity index is 0.000000240. The average Bonchev–Trinajstić information content (AvgIpc) is 2.43. The zero-order chi connectivity index (χ0) is 18.6. The van der Waals surface area contributed by atoms with E-state index in [4.69, 9.17) is 28.4 Å². The van der Waals surface area contributed by atoms with Gasteiger partial charge in [0.1, 0.15) is 5.02 Å². The smallest absolute Gasteiger partial charge is 0.361 e. The molecule has 1 N–H and O–H groups in total. The van der Waals surface area contributed by atoms with Gasteiger partial charge in [0.2, 0.25) is 5.15 Å². The summed E-state index contributed by atoms with van der Waals surface area (Å²) < 4.78 is 0.248. The lowest BCUT2D eigenvalue weighted by molar-refractivity contribution is -0.386. The second-order valence-corrected chi connectivity index (χ2v) is 5.14. The lowest BCUT2D eigenvalue weighted by Crippen LogP contribution is -2.21. The maximum absolute atomic E-state index is 10.9.